The normalized spacial score (nSPS) is 17.1. The lowest BCUT2D eigenvalue weighted by atomic mass is 10.0. The van der Waals surface area contributed by atoms with E-state index >= 15 is 0 Å². The Morgan fingerprint density at radius 1 is 1.24 bits per heavy atom. The average Bonchev–Trinajstić information content (AvgIpc) is 3.43. The predicted molar refractivity (Wildman–Crippen MR) is 113 cm³/mol. The lowest BCUT2D eigenvalue weighted by molar-refractivity contribution is -0.124. The summed E-state index contributed by atoms with van der Waals surface area (Å²) in [4.78, 5) is 25.5. The Hall–Kier alpha value is -2.38. The second-order valence-corrected chi connectivity index (χ2v) is 8.43. The van der Waals surface area contributed by atoms with E-state index in [0.29, 0.717) is 18.0 Å². The highest BCUT2D eigenvalue weighted by molar-refractivity contribution is 7.12. The fourth-order valence-corrected chi connectivity index (χ4v) is 3.75. The Morgan fingerprint density at radius 2 is 2.03 bits per heavy atom. The van der Waals surface area contributed by atoms with Gasteiger partial charge in [-0.2, -0.15) is 0 Å². The molecule has 7 heteroatoms. The molecule has 0 spiro atoms. The molecule has 0 saturated carbocycles. The molecule has 1 fully saturated rings. The molecule has 1 aromatic carbocycles. The van der Waals surface area contributed by atoms with Gasteiger partial charge >= 0.3 is 0 Å². The lowest BCUT2D eigenvalue weighted by Crippen LogP contribution is -2.49. The summed E-state index contributed by atoms with van der Waals surface area (Å²) in [6.07, 6.45) is 2.33. The maximum Gasteiger partial charge on any atom is 0.262 e. The quantitative estimate of drug-likeness (QED) is 0.657. The number of benzene rings is 1. The van der Waals surface area contributed by atoms with Crippen LogP contribution in [0.25, 0.3) is 0 Å². The van der Waals surface area contributed by atoms with Gasteiger partial charge in [0, 0.05) is 13.2 Å². The van der Waals surface area contributed by atoms with Crippen LogP contribution in [-0.2, 0) is 16.1 Å². The number of amides is 2. The molecule has 2 amide bonds. The standard InChI is InChI=1S/C22H28N2O4S/c1-15(2)20(24-21(25)19-6-4-12-29-19)22(26)23-13-16-7-9-17(10-8-16)28-14-18-5-3-11-27-18/h4,6-10,12,15,18,20H,3,5,11,13-14H2,1-2H3,(H,23,26)(H,24,25). The highest BCUT2D eigenvalue weighted by atomic mass is 32.1. The van der Waals surface area contributed by atoms with E-state index in [1.807, 2.05) is 49.6 Å². The molecule has 1 aromatic heterocycles. The van der Waals surface area contributed by atoms with Crippen LogP contribution in [0.15, 0.2) is 41.8 Å². The number of hydrogen-bond acceptors (Lipinski definition) is 5. The van der Waals surface area contributed by atoms with Gasteiger partial charge in [0.2, 0.25) is 5.91 Å². The third kappa shape index (κ3) is 6.30. The molecule has 3 rings (SSSR count). The second kappa shape index (κ2) is 10.4. The summed E-state index contributed by atoms with van der Waals surface area (Å²) in [6.45, 7) is 5.61. The first-order valence-electron chi connectivity index (χ1n) is 9.98. The number of carbonyl (C=O) groups is 2. The Bertz CT molecular complexity index is 784. The van der Waals surface area contributed by atoms with E-state index in [9.17, 15) is 9.59 Å². The lowest BCUT2D eigenvalue weighted by Gasteiger charge is -2.21. The molecule has 0 radical (unpaired) electrons. The van der Waals surface area contributed by atoms with Gasteiger partial charge in [-0.15, -0.1) is 11.3 Å². The van der Waals surface area contributed by atoms with E-state index < -0.39 is 6.04 Å². The van der Waals surface area contributed by atoms with Crippen molar-refractivity contribution in [1.29, 1.82) is 0 Å². The third-order valence-electron chi connectivity index (χ3n) is 4.83. The maximum absolute atomic E-state index is 12.6. The van der Waals surface area contributed by atoms with Crippen molar-refractivity contribution in [3.05, 3.63) is 52.2 Å². The van der Waals surface area contributed by atoms with Crippen LogP contribution in [0.2, 0.25) is 0 Å². The molecule has 2 unspecified atom stereocenters. The Kier molecular flexibility index (Phi) is 7.66. The first-order chi connectivity index (χ1) is 14.0. The van der Waals surface area contributed by atoms with Gasteiger partial charge in [0.05, 0.1) is 11.0 Å². The van der Waals surface area contributed by atoms with Gasteiger partial charge in [-0.05, 0) is 47.9 Å². The van der Waals surface area contributed by atoms with Crippen LogP contribution in [0, 0.1) is 5.92 Å². The molecule has 0 bridgehead atoms. The maximum atomic E-state index is 12.6. The minimum absolute atomic E-state index is 0.0208. The summed E-state index contributed by atoms with van der Waals surface area (Å²) >= 11 is 1.36. The van der Waals surface area contributed by atoms with Crippen LogP contribution in [0.1, 0.15) is 41.9 Å². The van der Waals surface area contributed by atoms with Gasteiger partial charge in [0.15, 0.2) is 0 Å². The van der Waals surface area contributed by atoms with Crippen LogP contribution in [0.4, 0.5) is 0 Å². The summed E-state index contributed by atoms with van der Waals surface area (Å²) in [5, 5.41) is 7.59. The number of rotatable bonds is 9. The molecule has 156 valence electrons. The number of hydrogen-bond donors (Lipinski definition) is 2. The van der Waals surface area contributed by atoms with Crippen molar-refractivity contribution < 1.29 is 19.1 Å². The van der Waals surface area contributed by atoms with Gasteiger partial charge in [-0.3, -0.25) is 9.59 Å². The van der Waals surface area contributed by atoms with Crippen molar-refractivity contribution in [3.63, 3.8) is 0 Å². The van der Waals surface area contributed by atoms with Crippen LogP contribution >= 0.6 is 11.3 Å². The molecule has 6 nitrogen and oxygen atoms in total. The van der Waals surface area contributed by atoms with Gasteiger partial charge in [0.25, 0.3) is 5.91 Å². The minimum atomic E-state index is -0.585. The molecular weight excluding hydrogens is 388 g/mol. The van der Waals surface area contributed by atoms with Crippen molar-refractivity contribution in [1.82, 2.24) is 10.6 Å². The van der Waals surface area contributed by atoms with Crippen molar-refractivity contribution in [2.24, 2.45) is 5.92 Å². The largest absolute Gasteiger partial charge is 0.491 e. The number of nitrogens with one attached hydrogen (secondary N) is 2. The van der Waals surface area contributed by atoms with Crippen molar-refractivity contribution in [2.45, 2.75) is 45.4 Å². The molecule has 2 heterocycles. The van der Waals surface area contributed by atoms with Crippen LogP contribution < -0.4 is 15.4 Å². The van der Waals surface area contributed by atoms with Gasteiger partial charge in [-0.25, -0.2) is 0 Å². The van der Waals surface area contributed by atoms with E-state index in [0.717, 1.165) is 30.8 Å². The highest BCUT2D eigenvalue weighted by Crippen LogP contribution is 2.17. The van der Waals surface area contributed by atoms with E-state index in [1.54, 1.807) is 6.07 Å². The van der Waals surface area contributed by atoms with E-state index in [4.69, 9.17) is 9.47 Å². The van der Waals surface area contributed by atoms with Crippen LogP contribution in [-0.4, -0.2) is 37.2 Å². The number of ether oxygens (including phenoxy) is 2. The summed E-state index contributed by atoms with van der Waals surface area (Å²) in [6, 6.07) is 10.6. The third-order valence-corrected chi connectivity index (χ3v) is 5.70. The molecule has 0 aliphatic carbocycles. The Labute approximate surface area is 175 Å². The fraction of sp³-hybridized carbons (Fsp3) is 0.455. The van der Waals surface area contributed by atoms with Crippen molar-refractivity contribution in [2.75, 3.05) is 13.2 Å². The number of carbonyl (C=O) groups excluding carboxylic acids is 2. The zero-order chi connectivity index (χ0) is 20.6. The van der Waals surface area contributed by atoms with E-state index in [1.165, 1.54) is 11.3 Å². The summed E-state index contributed by atoms with van der Waals surface area (Å²) in [5.41, 5.74) is 0.968. The summed E-state index contributed by atoms with van der Waals surface area (Å²) in [7, 11) is 0. The van der Waals surface area contributed by atoms with Gasteiger partial charge < -0.3 is 20.1 Å². The van der Waals surface area contributed by atoms with E-state index in [-0.39, 0.29) is 23.8 Å². The molecule has 1 aliphatic heterocycles. The van der Waals surface area contributed by atoms with E-state index in [2.05, 4.69) is 10.6 Å². The fourth-order valence-electron chi connectivity index (χ4n) is 3.12. The molecule has 2 N–H and O–H groups in total. The van der Waals surface area contributed by atoms with Gasteiger partial charge in [0.1, 0.15) is 18.4 Å². The monoisotopic (exact) mass is 416 g/mol. The molecule has 1 aliphatic rings. The first-order valence-corrected chi connectivity index (χ1v) is 10.9. The zero-order valence-electron chi connectivity index (χ0n) is 16.9. The highest BCUT2D eigenvalue weighted by Gasteiger charge is 2.24. The Morgan fingerprint density at radius 3 is 2.66 bits per heavy atom. The minimum Gasteiger partial charge on any atom is -0.491 e. The van der Waals surface area contributed by atoms with Gasteiger partial charge in [-0.1, -0.05) is 32.0 Å². The topological polar surface area (TPSA) is 76.7 Å². The molecule has 2 aromatic rings. The first kappa shape index (κ1) is 21.3. The predicted octanol–water partition coefficient (Wildman–Crippen LogP) is 3.38. The second-order valence-electron chi connectivity index (χ2n) is 7.48. The van der Waals surface area contributed by atoms with Crippen LogP contribution in [0.5, 0.6) is 5.75 Å². The van der Waals surface area contributed by atoms with Crippen molar-refractivity contribution >= 4 is 23.2 Å². The van der Waals surface area contributed by atoms with Crippen molar-refractivity contribution in [3.8, 4) is 5.75 Å². The Balaban J connectivity index is 1.48. The van der Waals surface area contributed by atoms with Crippen LogP contribution in [0.3, 0.4) is 0 Å². The average molecular weight is 417 g/mol. The SMILES string of the molecule is CC(C)C(NC(=O)c1cccs1)C(=O)NCc1ccc(OCC2CCCO2)cc1. The zero-order valence-corrected chi connectivity index (χ0v) is 17.7. The molecular formula is C22H28N2O4S. The molecule has 1 saturated heterocycles. The summed E-state index contributed by atoms with van der Waals surface area (Å²) in [5.74, 6) is 0.358. The molecule has 2 atom stereocenters. The molecule has 29 heavy (non-hydrogen) atoms. The number of thiophene rings is 1. The summed E-state index contributed by atoms with van der Waals surface area (Å²) < 4.78 is 11.3. The smallest absolute Gasteiger partial charge is 0.262 e.